The quantitative estimate of drug-likeness (QED) is 0.923. The molecule has 0 radical (unpaired) electrons. The summed E-state index contributed by atoms with van der Waals surface area (Å²) in [6, 6.07) is 1.22. The molecule has 1 N–H and O–H groups in total. The van der Waals surface area contributed by atoms with E-state index in [1.54, 1.807) is 11.3 Å². The van der Waals surface area contributed by atoms with Gasteiger partial charge in [0.2, 0.25) is 0 Å². The van der Waals surface area contributed by atoms with Crippen LogP contribution in [0.2, 0.25) is 0 Å². The van der Waals surface area contributed by atoms with Crippen molar-refractivity contribution in [2.75, 3.05) is 13.1 Å². The van der Waals surface area contributed by atoms with Crippen molar-refractivity contribution < 1.29 is 0 Å². The lowest BCUT2D eigenvalue weighted by atomic mass is 9.83. The first kappa shape index (κ1) is 15.9. The molecule has 0 spiro atoms. The molecule has 20 heavy (non-hydrogen) atoms. The molecule has 0 aromatic carbocycles. The van der Waals surface area contributed by atoms with Crippen LogP contribution in [0, 0.1) is 11.3 Å². The van der Waals surface area contributed by atoms with Crippen molar-refractivity contribution in [3.05, 3.63) is 16.6 Å². The van der Waals surface area contributed by atoms with E-state index in [1.807, 2.05) is 11.7 Å². The lowest BCUT2D eigenvalue weighted by Gasteiger charge is -2.46. The molecule has 0 bridgehead atoms. The molecule has 2 heterocycles. The summed E-state index contributed by atoms with van der Waals surface area (Å²) in [5, 5.41) is 3.76. The summed E-state index contributed by atoms with van der Waals surface area (Å²) in [6.45, 7) is 15.0. The summed E-state index contributed by atoms with van der Waals surface area (Å²) >= 11 is 1.77. The van der Waals surface area contributed by atoms with Gasteiger partial charge in [-0.3, -0.25) is 9.88 Å². The Morgan fingerprint density at radius 3 is 2.75 bits per heavy atom. The Balaban J connectivity index is 2.06. The van der Waals surface area contributed by atoms with Crippen LogP contribution in [0.25, 0.3) is 0 Å². The molecule has 1 aliphatic heterocycles. The summed E-state index contributed by atoms with van der Waals surface area (Å²) in [5.41, 5.74) is 2.25. The van der Waals surface area contributed by atoms with Gasteiger partial charge in [0.25, 0.3) is 0 Å². The summed E-state index contributed by atoms with van der Waals surface area (Å²) in [7, 11) is 0. The van der Waals surface area contributed by atoms with E-state index in [9.17, 15) is 0 Å². The Kier molecular flexibility index (Phi) is 5.21. The van der Waals surface area contributed by atoms with Gasteiger partial charge in [0.05, 0.1) is 5.51 Å². The summed E-state index contributed by atoms with van der Waals surface area (Å²) < 4.78 is 0. The normalized spacial score (nSPS) is 25.3. The van der Waals surface area contributed by atoms with E-state index in [1.165, 1.54) is 11.3 Å². The number of thiazole rings is 1. The number of hydrogen-bond donors (Lipinski definition) is 1. The van der Waals surface area contributed by atoms with Crippen molar-refractivity contribution in [3.8, 4) is 0 Å². The highest BCUT2D eigenvalue weighted by Gasteiger charge is 2.35. The standard InChI is InChI=1S/C16H29N3S/c1-12(2)6-13-9-19(10-14-7-17-11-20-14)15(8-18-13)16(3,4)5/h7,11-13,15,18H,6,8-10H2,1-5H3. The van der Waals surface area contributed by atoms with Crippen molar-refractivity contribution in [1.29, 1.82) is 0 Å². The second kappa shape index (κ2) is 6.54. The highest BCUT2D eigenvalue weighted by Crippen LogP contribution is 2.29. The van der Waals surface area contributed by atoms with E-state index < -0.39 is 0 Å². The first-order valence-corrected chi connectivity index (χ1v) is 8.59. The SMILES string of the molecule is CC(C)CC1CN(Cc2cncs2)C(C(C)(C)C)CN1. The monoisotopic (exact) mass is 295 g/mol. The molecule has 0 aliphatic carbocycles. The Bertz CT molecular complexity index is 394. The molecule has 2 unspecified atom stereocenters. The molecule has 0 saturated carbocycles. The van der Waals surface area contributed by atoms with Crippen LogP contribution in [0.4, 0.5) is 0 Å². The number of piperazine rings is 1. The molecule has 3 nitrogen and oxygen atoms in total. The van der Waals surface area contributed by atoms with Gasteiger partial charge < -0.3 is 5.32 Å². The lowest BCUT2D eigenvalue weighted by Crippen LogP contribution is -2.60. The Morgan fingerprint density at radius 1 is 1.45 bits per heavy atom. The van der Waals surface area contributed by atoms with Gasteiger partial charge in [-0.25, -0.2) is 0 Å². The van der Waals surface area contributed by atoms with Crippen molar-refractivity contribution in [2.24, 2.45) is 11.3 Å². The van der Waals surface area contributed by atoms with Crippen LogP contribution in [-0.2, 0) is 6.54 Å². The van der Waals surface area contributed by atoms with Crippen molar-refractivity contribution >= 4 is 11.3 Å². The third-order valence-electron chi connectivity index (χ3n) is 4.09. The molecular formula is C16H29N3S. The summed E-state index contributed by atoms with van der Waals surface area (Å²) in [6.07, 6.45) is 3.28. The van der Waals surface area contributed by atoms with Crippen LogP contribution >= 0.6 is 11.3 Å². The van der Waals surface area contributed by atoms with E-state index in [0.29, 0.717) is 17.5 Å². The molecule has 1 saturated heterocycles. The minimum Gasteiger partial charge on any atom is -0.311 e. The molecule has 2 rings (SSSR count). The number of nitrogens with zero attached hydrogens (tertiary/aromatic N) is 2. The maximum Gasteiger partial charge on any atom is 0.0794 e. The zero-order valence-corrected chi connectivity index (χ0v) is 14.3. The van der Waals surface area contributed by atoms with Gasteiger partial charge in [-0.1, -0.05) is 34.6 Å². The van der Waals surface area contributed by atoms with Gasteiger partial charge >= 0.3 is 0 Å². The van der Waals surface area contributed by atoms with Crippen LogP contribution < -0.4 is 5.32 Å². The molecule has 0 amide bonds. The summed E-state index contributed by atoms with van der Waals surface area (Å²) in [4.78, 5) is 8.26. The van der Waals surface area contributed by atoms with E-state index in [2.05, 4.69) is 49.8 Å². The molecule has 1 fully saturated rings. The van der Waals surface area contributed by atoms with E-state index >= 15 is 0 Å². The molecule has 114 valence electrons. The van der Waals surface area contributed by atoms with Gasteiger partial charge in [0.1, 0.15) is 0 Å². The average molecular weight is 295 g/mol. The van der Waals surface area contributed by atoms with Crippen LogP contribution in [-0.4, -0.2) is 35.1 Å². The Hall–Kier alpha value is -0.450. The smallest absolute Gasteiger partial charge is 0.0794 e. The first-order chi connectivity index (χ1) is 9.36. The lowest BCUT2D eigenvalue weighted by molar-refractivity contribution is 0.0459. The predicted octanol–water partition coefficient (Wildman–Crippen LogP) is 3.38. The third-order valence-corrected chi connectivity index (χ3v) is 4.86. The third kappa shape index (κ3) is 4.27. The van der Waals surface area contributed by atoms with Crippen molar-refractivity contribution in [1.82, 2.24) is 15.2 Å². The van der Waals surface area contributed by atoms with Crippen molar-refractivity contribution in [3.63, 3.8) is 0 Å². The highest BCUT2D eigenvalue weighted by atomic mass is 32.1. The van der Waals surface area contributed by atoms with E-state index in [4.69, 9.17) is 0 Å². The number of nitrogens with one attached hydrogen (secondary N) is 1. The van der Waals surface area contributed by atoms with Crippen molar-refractivity contribution in [2.45, 2.75) is 59.7 Å². The average Bonchev–Trinajstić information content (AvgIpc) is 2.79. The zero-order chi connectivity index (χ0) is 14.8. The Morgan fingerprint density at radius 2 is 2.20 bits per heavy atom. The van der Waals surface area contributed by atoms with Crippen LogP contribution in [0.3, 0.4) is 0 Å². The molecule has 1 aromatic rings. The number of rotatable bonds is 4. The molecule has 1 aromatic heterocycles. The van der Waals surface area contributed by atoms with Gasteiger partial charge in [-0.2, -0.15) is 0 Å². The molecule has 1 aliphatic rings. The van der Waals surface area contributed by atoms with E-state index in [-0.39, 0.29) is 0 Å². The van der Waals surface area contributed by atoms with E-state index in [0.717, 1.165) is 25.6 Å². The number of aromatic nitrogens is 1. The topological polar surface area (TPSA) is 28.2 Å². The number of hydrogen-bond acceptors (Lipinski definition) is 4. The molecule has 2 atom stereocenters. The minimum atomic E-state index is 0.306. The largest absolute Gasteiger partial charge is 0.311 e. The van der Waals surface area contributed by atoms with Gasteiger partial charge in [0, 0.05) is 42.8 Å². The highest BCUT2D eigenvalue weighted by molar-refractivity contribution is 7.09. The fraction of sp³-hybridized carbons (Fsp3) is 0.812. The maximum absolute atomic E-state index is 4.22. The minimum absolute atomic E-state index is 0.306. The molecular weight excluding hydrogens is 266 g/mol. The second-order valence-electron chi connectivity index (χ2n) is 7.51. The fourth-order valence-electron chi connectivity index (χ4n) is 3.16. The van der Waals surface area contributed by atoms with Crippen LogP contribution in [0.15, 0.2) is 11.7 Å². The fourth-order valence-corrected chi connectivity index (χ4v) is 3.78. The predicted molar refractivity (Wildman–Crippen MR) is 87.0 cm³/mol. The summed E-state index contributed by atoms with van der Waals surface area (Å²) in [5.74, 6) is 0.754. The molecule has 4 heteroatoms. The van der Waals surface area contributed by atoms with Gasteiger partial charge in [-0.15, -0.1) is 11.3 Å². The van der Waals surface area contributed by atoms with Gasteiger partial charge in [-0.05, 0) is 17.8 Å². The first-order valence-electron chi connectivity index (χ1n) is 7.71. The van der Waals surface area contributed by atoms with Crippen LogP contribution in [0.1, 0.15) is 45.9 Å². The zero-order valence-electron chi connectivity index (χ0n) is 13.5. The second-order valence-corrected chi connectivity index (χ2v) is 8.48. The maximum atomic E-state index is 4.22. The van der Waals surface area contributed by atoms with Crippen LogP contribution in [0.5, 0.6) is 0 Å². The van der Waals surface area contributed by atoms with Gasteiger partial charge in [0.15, 0.2) is 0 Å². The Labute approximate surface area is 127 Å².